The number of nitrogens with zero attached hydrogens (tertiary/aromatic N) is 2. The first-order chi connectivity index (χ1) is 11.1. The molecule has 0 amide bonds. The number of hydrogen-bond donors (Lipinski definition) is 3. The van der Waals surface area contributed by atoms with E-state index in [2.05, 4.69) is 15.5 Å². The Balaban J connectivity index is 1.78. The van der Waals surface area contributed by atoms with E-state index in [-0.39, 0.29) is 25.4 Å². The van der Waals surface area contributed by atoms with E-state index in [0.29, 0.717) is 23.0 Å². The number of aliphatic carboxylic acids is 1. The summed E-state index contributed by atoms with van der Waals surface area (Å²) < 4.78 is 5.86. The van der Waals surface area contributed by atoms with Crippen LogP contribution in [-0.4, -0.2) is 47.8 Å². The van der Waals surface area contributed by atoms with Crippen LogP contribution in [0.3, 0.4) is 0 Å². The Morgan fingerprint density at radius 2 is 2.52 bits per heavy atom. The van der Waals surface area contributed by atoms with Gasteiger partial charge < -0.3 is 25.6 Å². The molecule has 1 aromatic rings. The Hall–Kier alpha value is -2.07. The van der Waals surface area contributed by atoms with E-state index in [4.69, 9.17) is 20.3 Å². The highest BCUT2D eigenvalue weighted by molar-refractivity contribution is 7.13. The fourth-order valence-electron chi connectivity index (χ4n) is 2.85. The summed E-state index contributed by atoms with van der Waals surface area (Å²) in [5.41, 5.74) is 7.65. The largest absolute Gasteiger partial charge is 0.481 e. The molecule has 4 N–H and O–H groups in total. The van der Waals surface area contributed by atoms with Crippen molar-refractivity contribution in [2.45, 2.75) is 31.3 Å². The van der Waals surface area contributed by atoms with Crippen molar-refractivity contribution < 1.29 is 19.4 Å². The van der Waals surface area contributed by atoms with Gasteiger partial charge in [0.25, 0.3) is 0 Å². The number of nitrogens with one attached hydrogen (secondary N) is 1. The molecule has 23 heavy (non-hydrogen) atoms. The van der Waals surface area contributed by atoms with Gasteiger partial charge in [-0.25, -0.2) is 4.98 Å². The molecular formula is C13H17BN4O4S. The smallest absolute Gasteiger partial charge is 0.344 e. The predicted molar refractivity (Wildman–Crippen MR) is 87.2 cm³/mol. The lowest BCUT2D eigenvalue weighted by atomic mass is 9.58. The maximum Gasteiger partial charge on any atom is 0.344 e. The highest BCUT2D eigenvalue weighted by atomic mass is 32.1. The van der Waals surface area contributed by atoms with Crippen molar-refractivity contribution in [1.82, 2.24) is 10.3 Å². The molecule has 1 aromatic heterocycles. The Morgan fingerprint density at radius 1 is 1.70 bits per heavy atom. The number of anilines is 1. The second-order valence-corrected chi connectivity index (χ2v) is 6.31. The molecule has 3 rings (SSSR count). The number of carbonyl (C=O) groups is 1. The van der Waals surface area contributed by atoms with Crippen LogP contribution >= 0.6 is 11.3 Å². The quantitative estimate of drug-likeness (QED) is 0.410. The highest BCUT2D eigenvalue weighted by Gasteiger charge is 2.40. The van der Waals surface area contributed by atoms with E-state index in [1.54, 1.807) is 0 Å². The molecule has 0 aliphatic carbocycles. The molecule has 0 radical (unpaired) electrons. The van der Waals surface area contributed by atoms with Gasteiger partial charge >= 0.3 is 12.9 Å². The average molecular weight is 336 g/mol. The summed E-state index contributed by atoms with van der Waals surface area (Å²) in [5.74, 6) is 1.17. The molecule has 0 aromatic carbocycles. The fourth-order valence-corrected chi connectivity index (χ4v) is 3.40. The normalized spacial score (nSPS) is 24.0. The summed E-state index contributed by atoms with van der Waals surface area (Å²) in [6.45, 7) is -0.180. The molecule has 2 atom stereocenters. The molecule has 3 heterocycles. The van der Waals surface area contributed by atoms with E-state index in [0.717, 1.165) is 12.1 Å². The lowest BCUT2D eigenvalue weighted by molar-refractivity contribution is -0.139. The van der Waals surface area contributed by atoms with Crippen LogP contribution in [-0.2, 0) is 14.3 Å². The minimum Gasteiger partial charge on any atom is -0.481 e. The first kappa shape index (κ1) is 15.8. The van der Waals surface area contributed by atoms with Crippen LogP contribution in [0.25, 0.3) is 0 Å². The zero-order valence-electron chi connectivity index (χ0n) is 12.6. The number of rotatable bonds is 5. The van der Waals surface area contributed by atoms with Crippen molar-refractivity contribution >= 4 is 35.1 Å². The van der Waals surface area contributed by atoms with Crippen LogP contribution in [0.5, 0.6) is 0 Å². The van der Waals surface area contributed by atoms with E-state index >= 15 is 0 Å². The predicted octanol–water partition coefficient (Wildman–Crippen LogP) is 0.655. The molecule has 1 saturated heterocycles. The van der Waals surface area contributed by atoms with Crippen LogP contribution in [0.2, 0.25) is 0 Å². The number of aromatic nitrogens is 1. The Bertz CT molecular complexity index is 662. The first-order valence-electron chi connectivity index (χ1n) is 7.25. The molecule has 122 valence electrons. The van der Waals surface area contributed by atoms with Gasteiger partial charge in [0.2, 0.25) is 0 Å². The highest BCUT2D eigenvalue weighted by Crippen LogP contribution is 2.27. The fraction of sp³-hybridized carbons (Fsp3) is 0.462. The minimum absolute atomic E-state index is 0.0219. The third-order valence-corrected chi connectivity index (χ3v) is 4.50. The number of hydrogen-bond acceptors (Lipinski definition) is 8. The molecule has 2 aliphatic heterocycles. The molecule has 0 spiro atoms. The van der Waals surface area contributed by atoms with Crippen LogP contribution in [0.1, 0.15) is 25.0 Å². The molecule has 0 saturated carbocycles. The molecular weight excluding hydrogens is 319 g/mol. The van der Waals surface area contributed by atoms with Gasteiger partial charge in [-0.05, 0) is 12.8 Å². The second-order valence-electron chi connectivity index (χ2n) is 5.42. The van der Waals surface area contributed by atoms with Gasteiger partial charge in [-0.3, -0.25) is 4.79 Å². The number of carboxylic acids is 1. The number of fused-ring (bicyclic) bond motifs is 1. The second kappa shape index (κ2) is 6.59. The number of nitrogens with two attached hydrogens (primary N) is 1. The standard InChI is InChI=1S/C13H17BN4O4S/c1-21-18-12(9-6-23-13(15)17-9)8-5-14-10(16-8)3-2-7(22-14)4-11(19)20/h5-7,10,16H,2-4H2,1H3,(H2,15,17)(H,19,20)/b18-12+. The van der Waals surface area contributed by atoms with Crippen molar-refractivity contribution in [3.8, 4) is 0 Å². The van der Waals surface area contributed by atoms with E-state index in [1.807, 2.05) is 11.4 Å². The molecule has 1 fully saturated rings. The van der Waals surface area contributed by atoms with Crippen molar-refractivity contribution in [3.05, 3.63) is 22.7 Å². The van der Waals surface area contributed by atoms with Gasteiger partial charge in [-0.2, -0.15) is 0 Å². The third kappa shape index (κ3) is 3.48. The number of nitrogen functional groups attached to an aromatic ring is 1. The van der Waals surface area contributed by atoms with E-state index < -0.39 is 5.97 Å². The Labute approximate surface area is 137 Å². The van der Waals surface area contributed by atoms with Gasteiger partial charge in [0.1, 0.15) is 12.8 Å². The summed E-state index contributed by atoms with van der Waals surface area (Å²) in [5, 5.41) is 18.6. The van der Waals surface area contributed by atoms with Gasteiger partial charge in [0.05, 0.1) is 18.2 Å². The molecule has 10 heteroatoms. The molecule has 2 unspecified atom stereocenters. The SMILES string of the molecule is CO/N=C(\C1=CB2OC(CC(=O)O)CCC2N1)c1csc(N)n1. The summed E-state index contributed by atoms with van der Waals surface area (Å²) >= 11 is 1.33. The maximum absolute atomic E-state index is 10.8. The third-order valence-electron chi connectivity index (χ3n) is 3.82. The minimum atomic E-state index is -0.844. The zero-order chi connectivity index (χ0) is 16.4. The van der Waals surface area contributed by atoms with Gasteiger partial charge in [0.15, 0.2) is 10.8 Å². The number of carboxylic acid groups (broad SMARTS) is 1. The maximum atomic E-state index is 10.8. The van der Waals surface area contributed by atoms with Crippen LogP contribution in [0.15, 0.2) is 22.2 Å². The number of thiazole rings is 1. The lowest BCUT2D eigenvalue weighted by Gasteiger charge is -2.29. The number of oxime groups is 1. The summed E-state index contributed by atoms with van der Waals surface area (Å²) in [4.78, 5) is 20.0. The molecule has 0 bridgehead atoms. The first-order valence-corrected chi connectivity index (χ1v) is 8.13. The zero-order valence-corrected chi connectivity index (χ0v) is 13.4. The van der Waals surface area contributed by atoms with Gasteiger partial charge in [-0.15, -0.1) is 11.3 Å². The van der Waals surface area contributed by atoms with Crippen LogP contribution in [0.4, 0.5) is 5.13 Å². The summed E-state index contributed by atoms with van der Waals surface area (Å²) in [6.07, 6.45) is 1.31. The summed E-state index contributed by atoms with van der Waals surface area (Å²) in [7, 11) is 1.47. The Kier molecular flexibility index (Phi) is 4.53. The topological polar surface area (TPSA) is 119 Å². The van der Waals surface area contributed by atoms with Gasteiger partial charge in [-0.1, -0.05) is 11.1 Å². The van der Waals surface area contributed by atoms with E-state index in [1.165, 1.54) is 18.4 Å². The average Bonchev–Trinajstić information content (AvgIpc) is 3.09. The van der Waals surface area contributed by atoms with E-state index in [9.17, 15) is 4.79 Å². The molecule has 8 nitrogen and oxygen atoms in total. The van der Waals surface area contributed by atoms with Crippen molar-refractivity contribution in [3.63, 3.8) is 0 Å². The van der Waals surface area contributed by atoms with Crippen molar-refractivity contribution in [2.24, 2.45) is 5.16 Å². The van der Waals surface area contributed by atoms with Gasteiger partial charge in [0, 0.05) is 11.3 Å². The summed E-state index contributed by atoms with van der Waals surface area (Å²) in [6, 6.07) is 0. The van der Waals surface area contributed by atoms with Crippen LogP contribution < -0.4 is 11.1 Å². The Morgan fingerprint density at radius 3 is 3.17 bits per heavy atom. The molecule has 2 aliphatic rings. The van der Waals surface area contributed by atoms with Crippen molar-refractivity contribution in [2.75, 3.05) is 12.8 Å². The number of allylic oxidation sites excluding steroid dienone is 1. The van der Waals surface area contributed by atoms with Crippen molar-refractivity contribution in [1.29, 1.82) is 0 Å². The lowest BCUT2D eigenvalue weighted by Crippen LogP contribution is -2.45. The van der Waals surface area contributed by atoms with Crippen LogP contribution in [0, 0.1) is 0 Å². The monoisotopic (exact) mass is 336 g/mol.